The molecule has 0 bridgehead atoms. The highest BCUT2D eigenvalue weighted by molar-refractivity contribution is 9.10. The van der Waals surface area contributed by atoms with Crippen LogP contribution in [0.25, 0.3) is 32.7 Å². The molecule has 0 aliphatic carbocycles. The lowest BCUT2D eigenvalue weighted by atomic mass is 10.1. The minimum absolute atomic E-state index is 0.0260. The number of rotatable bonds is 3. The number of halogens is 4. The molecule has 5 N–H and O–H groups in total. The van der Waals surface area contributed by atoms with E-state index in [1.165, 1.54) is 6.20 Å². The Morgan fingerprint density at radius 3 is 2.58 bits per heavy atom. The Kier molecular flexibility index (Phi) is 6.13. The molecule has 0 aliphatic heterocycles. The van der Waals surface area contributed by atoms with E-state index < -0.39 is 23.9 Å². The Balaban J connectivity index is 0.000000160. The van der Waals surface area contributed by atoms with Gasteiger partial charge in [-0.3, -0.25) is 4.79 Å². The van der Waals surface area contributed by atoms with E-state index in [4.69, 9.17) is 10.8 Å². The number of hydrogen-bond donors (Lipinski definition) is 4. The first-order valence-electron chi connectivity index (χ1n) is 9.81. The van der Waals surface area contributed by atoms with E-state index in [1.54, 1.807) is 24.3 Å². The second-order valence-corrected chi connectivity index (χ2v) is 8.32. The number of pyridine rings is 1. The molecule has 2 aromatic carbocycles. The van der Waals surface area contributed by atoms with Crippen LogP contribution in [0, 0.1) is 0 Å². The van der Waals surface area contributed by atoms with E-state index in [0.29, 0.717) is 17.3 Å². The van der Waals surface area contributed by atoms with Crippen LogP contribution in [0.4, 0.5) is 13.2 Å². The molecule has 0 radical (unpaired) electrons. The minimum atomic E-state index is -4.46. The average molecular weight is 519 g/mol. The van der Waals surface area contributed by atoms with Crippen molar-refractivity contribution in [2.45, 2.75) is 18.6 Å². The van der Waals surface area contributed by atoms with Gasteiger partial charge >= 0.3 is 12.1 Å². The van der Waals surface area contributed by atoms with Crippen molar-refractivity contribution in [1.29, 1.82) is 0 Å². The van der Waals surface area contributed by atoms with Crippen molar-refractivity contribution < 1.29 is 23.1 Å². The van der Waals surface area contributed by atoms with E-state index in [1.807, 2.05) is 30.5 Å². The molecule has 170 valence electrons. The number of H-pyrrole nitrogens is 2. The van der Waals surface area contributed by atoms with E-state index in [9.17, 15) is 18.0 Å². The number of aromatic amines is 2. The molecular weight excluding hydrogens is 501 g/mol. The number of aromatic nitrogens is 3. The number of carboxylic acid groups (broad SMARTS) is 1. The third kappa shape index (κ3) is 4.71. The number of hydrogen-bond acceptors (Lipinski definition) is 3. The number of carboxylic acids is 1. The summed E-state index contributed by atoms with van der Waals surface area (Å²) in [5.41, 5.74) is 7.24. The molecule has 3 aromatic heterocycles. The van der Waals surface area contributed by atoms with Crippen molar-refractivity contribution in [2.75, 3.05) is 0 Å². The van der Waals surface area contributed by atoms with Crippen LogP contribution in [0.3, 0.4) is 0 Å². The highest BCUT2D eigenvalue weighted by atomic mass is 79.9. The smallest absolute Gasteiger partial charge is 0.435 e. The molecule has 3 heterocycles. The van der Waals surface area contributed by atoms with Crippen molar-refractivity contribution in [2.24, 2.45) is 5.73 Å². The van der Waals surface area contributed by atoms with Gasteiger partial charge in [-0.2, -0.15) is 13.2 Å². The van der Waals surface area contributed by atoms with Gasteiger partial charge in [0.2, 0.25) is 0 Å². The SMILES string of the molecule is FC(F)(F)c1nccc2c1[nH]c1ccc(Br)cc12.N[C@@H](Cc1c[nH]c2ccccc12)C(=O)O. The maximum Gasteiger partial charge on any atom is 0.435 e. The second kappa shape index (κ2) is 8.87. The highest BCUT2D eigenvalue weighted by Crippen LogP contribution is 2.36. The maximum atomic E-state index is 12.8. The summed E-state index contributed by atoms with van der Waals surface area (Å²) in [4.78, 5) is 19.9. The summed E-state index contributed by atoms with van der Waals surface area (Å²) in [7, 11) is 0. The van der Waals surface area contributed by atoms with Crippen molar-refractivity contribution in [1.82, 2.24) is 15.0 Å². The minimum Gasteiger partial charge on any atom is -0.480 e. The lowest BCUT2D eigenvalue weighted by Gasteiger charge is -2.05. The number of nitrogens with two attached hydrogens (primary N) is 1. The van der Waals surface area contributed by atoms with Gasteiger partial charge in [-0.1, -0.05) is 34.1 Å². The first-order valence-corrected chi connectivity index (χ1v) is 10.6. The monoisotopic (exact) mass is 518 g/mol. The predicted molar refractivity (Wildman–Crippen MR) is 124 cm³/mol. The Labute approximate surface area is 193 Å². The van der Waals surface area contributed by atoms with Gasteiger partial charge in [0.1, 0.15) is 6.04 Å². The summed E-state index contributed by atoms with van der Waals surface area (Å²) < 4.78 is 39.3. The normalized spacial score (nSPS) is 12.6. The Morgan fingerprint density at radius 2 is 1.85 bits per heavy atom. The first-order chi connectivity index (χ1) is 15.6. The van der Waals surface area contributed by atoms with E-state index in [0.717, 1.165) is 26.3 Å². The zero-order valence-corrected chi connectivity index (χ0v) is 18.5. The second-order valence-electron chi connectivity index (χ2n) is 7.40. The van der Waals surface area contributed by atoms with Crippen LogP contribution < -0.4 is 5.73 Å². The molecule has 10 heteroatoms. The maximum absolute atomic E-state index is 12.8. The molecule has 0 amide bonds. The summed E-state index contributed by atoms with van der Waals surface area (Å²) in [6.07, 6.45) is -1.12. The predicted octanol–water partition coefficient (Wildman–Crippen LogP) is 5.62. The van der Waals surface area contributed by atoms with Crippen molar-refractivity contribution >= 4 is 54.6 Å². The largest absolute Gasteiger partial charge is 0.480 e. The molecule has 6 nitrogen and oxygen atoms in total. The zero-order valence-electron chi connectivity index (χ0n) is 16.9. The highest BCUT2D eigenvalue weighted by Gasteiger charge is 2.35. The molecule has 0 fully saturated rings. The summed E-state index contributed by atoms with van der Waals surface area (Å²) in [6.45, 7) is 0. The van der Waals surface area contributed by atoms with Crippen LogP contribution in [0.15, 0.2) is 65.4 Å². The van der Waals surface area contributed by atoms with Crippen LogP contribution in [-0.2, 0) is 17.4 Å². The number of fused-ring (bicyclic) bond motifs is 4. The van der Waals surface area contributed by atoms with Crippen LogP contribution in [0.1, 0.15) is 11.3 Å². The van der Waals surface area contributed by atoms with Gasteiger partial charge in [0.25, 0.3) is 0 Å². The summed E-state index contributed by atoms with van der Waals surface area (Å²) in [6, 6.07) is 13.8. The number of benzene rings is 2. The fourth-order valence-corrected chi connectivity index (χ4v) is 4.00. The molecule has 1 atom stereocenters. The van der Waals surface area contributed by atoms with E-state index >= 15 is 0 Å². The van der Waals surface area contributed by atoms with Crippen molar-refractivity contribution in [3.8, 4) is 0 Å². The fourth-order valence-electron chi connectivity index (χ4n) is 3.64. The number of nitrogens with one attached hydrogen (secondary N) is 2. The van der Waals surface area contributed by atoms with Gasteiger partial charge in [0, 0.05) is 50.5 Å². The summed E-state index contributed by atoms with van der Waals surface area (Å²) in [5, 5.41) is 11.0. The molecule has 0 aliphatic rings. The number of nitrogens with zero attached hydrogens (tertiary/aromatic N) is 1. The number of para-hydroxylation sites is 1. The van der Waals surface area contributed by atoms with Gasteiger partial charge in [-0.25, -0.2) is 4.98 Å². The fraction of sp³-hybridized carbons (Fsp3) is 0.130. The zero-order chi connectivity index (χ0) is 23.8. The standard InChI is InChI=1S/C12H6BrF3N2.C11H12N2O2/c13-6-1-2-9-8(5-6)7-3-4-17-11(10(7)18-9)12(14,15)16;12-9(11(14)15)5-7-6-13-10-4-2-1-3-8(7)10/h1-5,18H;1-4,6,9,13H,5,12H2,(H,14,15)/t;9-/m.0/s1. The number of aliphatic carboxylic acids is 1. The van der Waals surface area contributed by atoms with Gasteiger partial charge < -0.3 is 20.8 Å². The third-order valence-corrected chi connectivity index (χ3v) is 5.68. The number of carbonyl (C=O) groups is 1. The Bertz CT molecular complexity index is 1460. The lowest BCUT2D eigenvalue weighted by Crippen LogP contribution is -2.32. The molecule has 5 rings (SSSR count). The lowest BCUT2D eigenvalue weighted by molar-refractivity contribution is -0.140. The van der Waals surface area contributed by atoms with Gasteiger partial charge in [-0.05, 0) is 35.9 Å². The van der Waals surface area contributed by atoms with Gasteiger partial charge in [0.05, 0.1) is 5.52 Å². The van der Waals surface area contributed by atoms with Crippen molar-refractivity contribution in [3.63, 3.8) is 0 Å². The third-order valence-electron chi connectivity index (χ3n) is 5.18. The quantitative estimate of drug-likeness (QED) is 0.248. The van der Waals surface area contributed by atoms with Crippen LogP contribution >= 0.6 is 15.9 Å². The van der Waals surface area contributed by atoms with Crippen LogP contribution in [0.5, 0.6) is 0 Å². The van der Waals surface area contributed by atoms with Crippen molar-refractivity contribution in [3.05, 3.63) is 76.7 Å². The van der Waals surface area contributed by atoms with E-state index in [-0.39, 0.29) is 5.52 Å². The summed E-state index contributed by atoms with van der Waals surface area (Å²) >= 11 is 3.31. The van der Waals surface area contributed by atoms with Crippen LogP contribution in [0.2, 0.25) is 0 Å². The molecular formula is C23H18BrF3N4O2. The van der Waals surface area contributed by atoms with E-state index in [2.05, 4.69) is 30.9 Å². The van der Waals surface area contributed by atoms with Gasteiger partial charge in [-0.15, -0.1) is 0 Å². The molecule has 0 spiro atoms. The van der Waals surface area contributed by atoms with Gasteiger partial charge in [0.15, 0.2) is 5.69 Å². The van der Waals surface area contributed by atoms with Crippen LogP contribution in [-0.4, -0.2) is 32.1 Å². The molecule has 5 aromatic rings. The average Bonchev–Trinajstić information content (AvgIpc) is 3.34. The molecule has 33 heavy (non-hydrogen) atoms. The molecule has 0 saturated carbocycles. The molecule has 0 saturated heterocycles. The first kappa shape index (κ1) is 22.8. The molecule has 0 unspecified atom stereocenters. The topological polar surface area (TPSA) is 108 Å². The Morgan fingerprint density at radius 1 is 1.09 bits per heavy atom. The summed E-state index contributed by atoms with van der Waals surface area (Å²) in [5.74, 6) is -0.972. The number of alkyl halides is 3. The Hall–Kier alpha value is -3.37.